The Labute approximate surface area is 91.7 Å². The summed E-state index contributed by atoms with van der Waals surface area (Å²) in [5.41, 5.74) is -0.771. The van der Waals surface area contributed by atoms with E-state index in [1.165, 1.54) is 5.37 Å². The molecule has 1 unspecified atom stereocenters. The van der Waals surface area contributed by atoms with Gasteiger partial charge in [-0.1, -0.05) is 26.1 Å². The normalized spacial score (nSPS) is 16.6. The van der Waals surface area contributed by atoms with Crippen LogP contribution in [0.1, 0.15) is 20.8 Å². The molecule has 0 saturated carbocycles. The average molecular weight is 238 g/mol. The summed E-state index contributed by atoms with van der Waals surface area (Å²) >= 11 is 4.87. The van der Waals surface area contributed by atoms with E-state index in [0.717, 1.165) is 19.3 Å². The van der Waals surface area contributed by atoms with Gasteiger partial charge in [0.1, 0.15) is 5.66 Å². The van der Waals surface area contributed by atoms with Crippen molar-refractivity contribution in [2.45, 2.75) is 26.4 Å². The summed E-state index contributed by atoms with van der Waals surface area (Å²) in [6, 6.07) is 0. The van der Waals surface area contributed by atoms with Gasteiger partial charge in [-0.25, -0.2) is 8.42 Å². The SMILES string of the molecule is CCN(CC)C(C)(C=S)NS(C)(=O)=O. The molecule has 0 aliphatic rings. The molecule has 0 spiro atoms. The first-order chi connectivity index (χ1) is 6.29. The average Bonchev–Trinajstić information content (AvgIpc) is 2.03. The smallest absolute Gasteiger partial charge is 0.210 e. The third-order valence-electron chi connectivity index (χ3n) is 2.04. The van der Waals surface area contributed by atoms with Crippen molar-refractivity contribution in [3.63, 3.8) is 0 Å². The lowest BCUT2D eigenvalue weighted by Crippen LogP contribution is -2.59. The van der Waals surface area contributed by atoms with Crippen LogP contribution in [0.3, 0.4) is 0 Å². The van der Waals surface area contributed by atoms with Crippen LogP contribution < -0.4 is 4.72 Å². The van der Waals surface area contributed by atoms with Crippen molar-refractivity contribution in [3.8, 4) is 0 Å². The Bertz CT molecular complexity index is 286. The van der Waals surface area contributed by atoms with Crippen molar-refractivity contribution >= 4 is 27.6 Å². The van der Waals surface area contributed by atoms with Crippen molar-refractivity contribution in [3.05, 3.63) is 0 Å². The van der Waals surface area contributed by atoms with E-state index >= 15 is 0 Å². The fourth-order valence-electron chi connectivity index (χ4n) is 1.42. The zero-order valence-electron chi connectivity index (χ0n) is 9.07. The lowest BCUT2D eigenvalue weighted by atomic mass is 10.2. The van der Waals surface area contributed by atoms with Gasteiger partial charge in [-0.05, 0) is 20.0 Å². The summed E-state index contributed by atoms with van der Waals surface area (Å²) in [6.07, 6.45) is 1.13. The van der Waals surface area contributed by atoms with Crippen LogP contribution in [-0.2, 0) is 10.0 Å². The standard InChI is InChI=1S/C8H18N2O2S2/c1-5-10(6-2)8(3,7-13)9-14(4,11)12/h7,9H,5-6H2,1-4H3. The van der Waals surface area contributed by atoms with E-state index in [1.54, 1.807) is 6.92 Å². The van der Waals surface area contributed by atoms with Gasteiger partial charge in [0.05, 0.1) is 6.26 Å². The number of rotatable bonds is 6. The van der Waals surface area contributed by atoms with E-state index in [9.17, 15) is 8.42 Å². The minimum absolute atomic E-state index is 0.739. The molecule has 84 valence electrons. The molecule has 0 heterocycles. The first-order valence-corrected chi connectivity index (χ1v) is 6.85. The fraction of sp³-hybridized carbons (Fsp3) is 0.875. The van der Waals surface area contributed by atoms with Crippen molar-refractivity contribution in [1.29, 1.82) is 0 Å². The third kappa shape index (κ3) is 4.00. The van der Waals surface area contributed by atoms with Gasteiger partial charge in [0.2, 0.25) is 10.0 Å². The van der Waals surface area contributed by atoms with Crippen molar-refractivity contribution < 1.29 is 8.42 Å². The molecule has 0 amide bonds. The lowest BCUT2D eigenvalue weighted by molar-refractivity contribution is 0.176. The highest BCUT2D eigenvalue weighted by Crippen LogP contribution is 2.09. The minimum atomic E-state index is -3.25. The highest BCUT2D eigenvalue weighted by atomic mass is 32.2. The quantitative estimate of drug-likeness (QED) is 0.543. The Balaban J connectivity index is 4.87. The molecule has 0 radical (unpaired) electrons. The van der Waals surface area contributed by atoms with Crippen molar-refractivity contribution in [2.24, 2.45) is 0 Å². The van der Waals surface area contributed by atoms with Crippen LogP contribution in [0.15, 0.2) is 0 Å². The van der Waals surface area contributed by atoms with Gasteiger partial charge < -0.3 is 0 Å². The zero-order valence-corrected chi connectivity index (χ0v) is 10.7. The highest BCUT2D eigenvalue weighted by Gasteiger charge is 2.30. The molecule has 0 rings (SSSR count). The van der Waals surface area contributed by atoms with E-state index < -0.39 is 15.7 Å². The first-order valence-electron chi connectivity index (χ1n) is 4.49. The predicted octanol–water partition coefficient (Wildman–Crippen LogP) is 0.593. The zero-order chi connectivity index (χ0) is 11.4. The van der Waals surface area contributed by atoms with Gasteiger partial charge in [0.15, 0.2) is 0 Å². The summed E-state index contributed by atoms with van der Waals surface area (Å²) < 4.78 is 24.8. The predicted molar refractivity (Wildman–Crippen MR) is 63.0 cm³/mol. The monoisotopic (exact) mass is 238 g/mol. The first kappa shape index (κ1) is 14.0. The molecular formula is C8H18N2O2S2. The van der Waals surface area contributed by atoms with Crippen LogP contribution >= 0.6 is 12.2 Å². The molecule has 0 aromatic heterocycles. The summed E-state index contributed by atoms with van der Waals surface area (Å²) in [5, 5.41) is 1.45. The van der Waals surface area contributed by atoms with Crippen LogP contribution in [0.25, 0.3) is 0 Å². The molecule has 0 bridgehead atoms. The van der Waals surface area contributed by atoms with Gasteiger partial charge in [-0.3, -0.25) is 4.90 Å². The molecule has 0 saturated heterocycles. The second-order valence-electron chi connectivity index (χ2n) is 3.31. The van der Waals surface area contributed by atoms with Crippen LogP contribution in [0, 0.1) is 0 Å². The highest BCUT2D eigenvalue weighted by molar-refractivity contribution is 7.88. The number of hydrogen-bond acceptors (Lipinski definition) is 4. The molecule has 0 aromatic carbocycles. The maximum atomic E-state index is 11.1. The number of hydrogen-bond donors (Lipinski definition) is 1. The summed E-state index contributed by atoms with van der Waals surface area (Å²) in [6.45, 7) is 7.16. The Kier molecular flexibility index (Phi) is 5.14. The van der Waals surface area contributed by atoms with Crippen LogP contribution in [0.2, 0.25) is 0 Å². The molecule has 6 heteroatoms. The molecule has 0 aromatic rings. The van der Waals surface area contributed by atoms with Gasteiger partial charge in [0.25, 0.3) is 0 Å². The molecule has 4 nitrogen and oxygen atoms in total. The van der Waals surface area contributed by atoms with E-state index in [0.29, 0.717) is 0 Å². The molecule has 14 heavy (non-hydrogen) atoms. The maximum absolute atomic E-state index is 11.1. The van der Waals surface area contributed by atoms with E-state index in [4.69, 9.17) is 12.2 Å². The molecule has 0 aliphatic heterocycles. The fourth-order valence-corrected chi connectivity index (χ4v) is 2.64. The molecule has 0 aliphatic carbocycles. The van der Waals surface area contributed by atoms with E-state index in [1.807, 2.05) is 18.7 Å². The Morgan fingerprint density at radius 1 is 1.43 bits per heavy atom. The second-order valence-corrected chi connectivity index (χ2v) is 5.30. The topological polar surface area (TPSA) is 49.4 Å². The van der Waals surface area contributed by atoms with Gasteiger partial charge in [-0.2, -0.15) is 4.72 Å². The maximum Gasteiger partial charge on any atom is 0.210 e. The summed E-state index contributed by atoms with van der Waals surface area (Å²) in [7, 11) is -3.25. The number of sulfonamides is 1. The summed E-state index contributed by atoms with van der Waals surface area (Å²) in [5.74, 6) is 0. The second kappa shape index (κ2) is 5.16. The molecular weight excluding hydrogens is 220 g/mol. The minimum Gasteiger partial charge on any atom is -0.282 e. The molecule has 1 atom stereocenters. The van der Waals surface area contributed by atoms with E-state index in [-0.39, 0.29) is 0 Å². The van der Waals surface area contributed by atoms with E-state index in [2.05, 4.69) is 4.72 Å². The lowest BCUT2D eigenvalue weighted by Gasteiger charge is -2.36. The van der Waals surface area contributed by atoms with Gasteiger partial charge >= 0.3 is 0 Å². The molecule has 1 N–H and O–H groups in total. The van der Waals surface area contributed by atoms with Crippen LogP contribution in [0.4, 0.5) is 0 Å². The number of nitrogens with zero attached hydrogens (tertiary/aromatic N) is 1. The molecule has 0 fully saturated rings. The summed E-state index contributed by atoms with van der Waals surface area (Å²) in [4.78, 5) is 1.95. The van der Waals surface area contributed by atoms with Crippen LogP contribution in [-0.4, -0.2) is 43.7 Å². The van der Waals surface area contributed by atoms with Gasteiger partial charge in [0, 0.05) is 5.37 Å². The Hall–Kier alpha value is -0.0400. The van der Waals surface area contributed by atoms with Crippen molar-refractivity contribution in [1.82, 2.24) is 9.62 Å². The van der Waals surface area contributed by atoms with Crippen molar-refractivity contribution in [2.75, 3.05) is 19.3 Å². The van der Waals surface area contributed by atoms with Crippen LogP contribution in [0.5, 0.6) is 0 Å². The third-order valence-corrected chi connectivity index (χ3v) is 3.28. The Morgan fingerprint density at radius 2 is 1.86 bits per heavy atom. The van der Waals surface area contributed by atoms with Gasteiger partial charge in [-0.15, -0.1) is 0 Å². The Morgan fingerprint density at radius 3 is 2.07 bits per heavy atom. The largest absolute Gasteiger partial charge is 0.282 e. The number of nitrogens with one attached hydrogen (secondary N) is 1. The number of thiocarbonyl (C=S) groups is 1.